The summed E-state index contributed by atoms with van der Waals surface area (Å²) in [5.41, 5.74) is 2.45. The van der Waals surface area contributed by atoms with Crippen molar-refractivity contribution in [1.82, 2.24) is 15.0 Å². The summed E-state index contributed by atoms with van der Waals surface area (Å²) in [6, 6.07) is 4.62. The van der Waals surface area contributed by atoms with Crippen LogP contribution in [0, 0.1) is 20.8 Å². The fraction of sp³-hybridized carbons (Fsp3) is 0.250. The number of nitrogens with zero attached hydrogens (tertiary/aromatic N) is 2. The van der Waals surface area contributed by atoms with E-state index in [2.05, 4.69) is 28.8 Å². The van der Waals surface area contributed by atoms with Crippen LogP contribution in [0.15, 0.2) is 70.0 Å². The lowest BCUT2D eigenvalue weighted by atomic mass is 10.2. The monoisotopic (exact) mass is 614 g/mol. The molecule has 0 aromatic carbocycles. The van der Waals surface area contributed by atoms with Gasteiger partial charge in [-0.2, -0.15) is 8.42 Å². The van der Waals surface area contributed by atoms with E-state index in [1.54, 1.807) is 13.0 Å². The Balaban J connectivity index is -0.000000396. The summed E-state index contributed by atoms with van der Waals surface area (Å²) in [6.07, 6.45) is 8.64. The van der Waals surface area contributed by atoms with E-state index in [0.29, 0.717) is 5.56 Å². The van der Waals surface area contributed by atoms with Crippen LogP contribution in [0.5, 0.6) is 0 Å². The Bertz CT molecular complexity index is 1240. The van der Waals surface area contributed by atoms with Gasteiger partial charge in [-0.15, -0.1) is 24.0 Å². The van der Waals surface area contributed by atoms with E-state index >= 15 is 0 Å². The number of primary sulfonamides is 1. The molecule has 0 aliphatic rings. The molecule has 0 aliphatic heterocycles. The molecular formula is C20H31IN4O6S2. The Kier molecular flexibility index (Phi) is 16.7. The van der Waals surface area contributed by atoms with Crippen molar-refractivity contribution < 1.29 is 21.4 Å². The molecule has 0 fully saturated rings. The zero-order valence-electron chi connectivity index (χ0n) is 16.9. The van der Waals surface area contributed by atoms with E-state index in [-0.39, 0.29) is 43.7 Å². The Morgan fingerprint density at radius 2 is 1.36 bits per heavy atom. The molecule has 13 heteroatoms. The number of aromatic amines is 1. The van der Waals surface area contributed by atoms with Crippen LogP contribution in [0.3, 0.4) is 0 Å². The van der Waals surface area contributed by atoms with Gasteiger partial charge in [-0.05, 0) is 49.6 Å². The molecule has 3 heterocycles. The molecule has 4 N–H and O–H groups in total. The minimum Gasteiger partial charge on any atom is -0.366 e. The Morgan fingerprint density at radius 1 is 0.848 bits per heavy atom. The summed E-state index contributed by atoms with van der Waals surface area (Å²) in [5.74, 6) is 0. The summed E-state index contributed by atoms with van der Waals surface area (Å²) >= 11 is 0. The maximum absolute atomic E-state index is 10.8. The molecule has 0 aliphatic carbocycles. The average Bonchev–Trinajstić information content (AvgIpc) is 2.64. The maximum atomic E-state index is 10.8. The molecule has 0 saturated carbocycles. The highest BCUT2D eigenvalue weighted by molar-refractivity contribution is 14.0. The third-order valence-corrected chi connectivity index (χ3v) is 5.58. The van der Waals surface area contributed by atoms with Crippen molar-refractivity contribution in [2.45, 2.75) is 45.4 Å². The summed E-state index contributed by atoms with van der Waals surface area (Å²) in [7, 11) is -7.97. The Labute approximate surface area is 212 Å². The largest absolute Gasteiger partial charge is 0.366 e. The third-order valence-electron chi connectivity index (χ3n) is 3.66. The van der Waals surface area contributed by atoms with Gasteiger partial charge in [0.05, 0.1) is 0 Å². The number of aryl methyl sites for hydroxylation is 3. The van der Waals surface area contributed by atoms with Crippen LogP contribution >= 0.6 is 24.0 Å². The van der Waals surface area contributed by atoms with Gasteiger partial charge < -0.3 is 4.98 Å². The molecule has 0 atom stereocenters. The van der Waals surface area contributed by atoms with Crippen LogP contribution in [-0.4, -0.2) is 36.3 Å². The van der Waals surface area contributed by atoms with Crippen molar-refractivity contribution in [2.24, 2.45) is 5.14 Å². The van der Waals surface area contributed by atoms with Gasteiger partial charge in [0.15, 0.2) is 4.90 Å². The number of aromatic nitrogens is 3. The van der Waals surface area contributed by atoms with Crippen molar-refractivity contribution in [3.8, 4) is 0 Å². The van der Waals surface area contributed by atoms with Crippen LogP contribution in [0.25, 0.3) is 0 Å². The lowest BCUT2D eigenvalue weighted by molar-refractivity contribution is 0.482. The second kappa shape index (κ2) is 15.6. The number of H-pyrrole nitrogens is 1. The second-order valence-corrected chi connectivity index (χ2v) is 8.91. The number of sulfonamides is 1. The van der Waals surface area contributed by atoms with E-state index in [9.17, 15) is 21.6 Å². The summed E-state index contributed by atoms with van der Waals surface area (Å²) < 4.78 is 50.8. The highest BCUT2D eigenvalue weighted by atomic mass is 127. The van der Waals surface area contributed by atoms with Gasteiger partial charge in [-0.3, -0.25) is 19.3 Å². The van der Waals surface area contributed by atoms with Crippen LogP contribution in [-0.2, 0) is 20.1 Å². The number of rotatable bonds is 2. The fourth-order valence-electron chi connectivity index (χ4n) is 1.89. The Morgan fingerprint density at radius 3 is 1.67 bits per heavy atom. The topological polar surface area (TPSA) is 173 Å². The lowest BCUT2D eigenvalue weighted by Crippen LogP contribution is -2.13. The number of nitrogens with one attached hydrogen (secondary N) is 1. The van der Waals surface area contributed by atoms with Crippen LogP contribution in [0.1, 0.15) is 31.5 Å². The first-order chi connectivity index (χ1) is 13.8. The van der Waals surface area contributed by atoms with Crippen molar-refractivity contribution in [1.29, 1.82) is 0 Å². The van der Waals surface area contributed by atoms with Gasteiger partial charge >= 0.3 is 0 Å². The summed E-state index contributed by atoms with van der Waals surface area (Å²) in [5, 5.41) is 4.89. The lowest BCUT2D eigenvalue weighted by Gasteiger charge is -1.99. The highest BCUT2D eigenvalue weighted by Gasteiger charge is 2.12. The van der Waals surface area contributed by atoms with Crippen molar-refractivity contribution in [2.75, 3.05) is 0 Å². The minimum atomic E-state index is -4.38. The molecule has 0 saturated heterocycles. The molecule has 0 bridgehead atoms. The van der Waals surface area contributed by atoms with Crippen LogP contribution < -0.4 is 10.6 Å². The van der Waals surface area contributed by atoms with Gasteiger partial charge in [-0.1, -0.05) is 14.9 Å². The molecule has 33 heavy (non-hydrogen) atoms. The predicted molar refractivity (Wildman–Crippen MR) is 140 cm³/mol. The first-order valence-electron chi connectivity index (χ1n) is 8.29. The minimum absolute atomic E-state index is 0. The van der Waals surface area contributed by atoms with E-state index in [1.807, 2.05) is 18.5 Å². The van der Waals surface area contributed by atoms with Gasteiger partial charge in [0.25, 0.3) is 10.1 Å². The van der Waals surface area contributed by atoms with E-state index in [1.165, 1.54) is 29.7 Å². The molecule has 0 amide bonds. The first-order valence-corrected chi connectivity index (χ1v) is 11.3. The number of nitrogens with two attached hydrogens (primary N) is 1. The van der Waals surface area contributed by atoms with Crippen molar-refractivity contribution in [3.63, 3.8) is 0 Å². The second-order valence-electron chi connectivity index (χ2n) is 5.99. The summed E-state index contributed by atoms with van der Waals surface area (Å²) in [4.78, 5) is 20.1. The molecule has 0 spiro atoms. The molecule has 3 rings (SSSR count). The molecule has 186 valence electrons. The quantitative estimate of drug-likeness (QED) is 0.291. The zero-order valence-corrected chi connectivity index (χ0v) is 20.8. The molecule has 0 radical (unpaired) electrons. The third kappa shape index (κ3) is 12.6. The normalized spacial score (nSPS) is 9.85. The molecule has 3 aromatic rings. The highest BCUT2D eigenvalue weighted by Crippen LogP contribution is 2.09. The van der Waals surface area contributed by atoms with E-state index in [0.717, 1.165) is 12.3 Å². The van der Waals surface area contributed by atoms with Gasteiger partial charge in [0.2, 0.25) is 15.5 Å². The fourth-order valence-corrected chi connectivity index (χ4v) is 3.16. The number of hydrogen-bond acceptors (Lipinski definition) is 7. The van der Waals surface area contributed by atoms with Gasteiger partial charge in [0.1, 0.15) is 4.90 Å². The molecule has 10 nitrogen and oxygen atoms in total. The Hall–Kier alpha value is -2.20. The molecular weight excluding hydrogens is 583 g/mol. The standard InChI is InChI=1S/C7H9N.C6H8N2O2S.C5H5NO4S.2CH4.HI/c1-6-3-4-8-5-7(6)2;1-5-2-3-8-4-6(5)11(7,9)10;7-4-1-2-6-3-5(4)11(8,9)10;;;/h3-5H,1-2H3;2-4H,1H3,(H2,7,9,10);1-3H,(H,6,7)(H,8,9,10);2*1H4;1H. The number of hydrogen-bond donors (Lipinski definition) is 3. The first kappa shape index (κ1) is 35.4. The van der Waals surface area contributed by atoms with Crippen molar-refractivity contribution >= 4 is 44.1 Å². The van der Waals surface area contributed by atoms with E-state index in [4.69, 9.17) is 9.69 Å². The van der Waals surface area contributed by atoms with Crippen LogP contribution in [0.2, 0.25) is 0 Å². The zero-order chi connectivity index (χ0) is 22.9. The van der Waals surface area contributed by atoms with Gasteiger partial charge in [-0.25, -0.2) is 13.6 Å². The molecule has 3 aromatic heterocycles. The maximum Gasteiger partial charge on any atom is 0.299 e. The molecule has 0 unspecified atom stereocenters. The van der Waals surface area contributed by atoms with Crippen molar-refractivity contribution in [3.05, 3.63) is 82.3 Å². The van der Waals surface area contributed by atoms with Crippen LogP contribution in [0.4, 0.5) is 0 Å². The number of halogens is 1. The van der Waals surface area contributed by atoms with E-state index < -0.39 is 30.5 Å². The number of pyridine rings is 3. The smallest absolute Gasteiger partial charge is 0.299 e. The average molecular weight is 615 g/mol. The predicted octanol–water partition coefficient (Wildman–Crippen LogP) is 3.25. The van der Waals surface area contributed by atoms with Gasteiger partial charge in [0, 0.05) is 43.2 Å². The summed E-state index contributed by atoms with van der Waals surface area (Å²) in [6.45, 7) is 5.81. The SMILES string of the molecule is C.C.Cc1ccncc1C.Cc1ccncc1S(N)(=O)=O.I.O=c1cc[nH]cc1S(=O)(=O)O.